The zero-order valence-electron chi connectivity index (χ0n) is 11.1. The van der Waals surface area contributed by atoms with E-state index >= 15 is 0 Å². The van der Waals surface area contributed by atoms with E-state index in [1.54, 1.807) is 0 Å². The minimum absolute atomic E-state index is 0.150. The summed E-state index contributed by atoms with van der Waals surface area (Å²) in [6, 6.07) is 0. The van der Waals surface area contributed by atoms with E-state index < -0.39 is 11.9 Å². The maximum atomic E-state index is 11.3. The van der Waals surface area contributed by atoms with E-state index in [0.717, 1.165) is 25.7 Å². The lowest BCUT2D eigenvalue weighted by molar-refractivity contribution is -0.171. The Morgan fingerprint density at radius 3 is 2.47 bits per heavy atom. The first-order valence-corrected chi connectivity index (χ1v) is 6.18. The Kier molecular flexibility index (Phi) is 4.54. The second-order valence-electron chi connectivity index (χ2n) is 5.42. The van der Waals surface area contributed by atoms with Crippen molar-refractivity contribution < 1.29 is 19.1 Å². The van der Waals surface area contributed by atoms with Gasteiger partial charge in [-0.25, -0.2) is 9.59 Å². The molecule has 1 aliphatic carbocycles. The molecule has 0 aromatic carbocycles. The fourth-order valence-corrected chi connectivity index (χ4v) is 2.37. The number of hydrogen-bond donors (Lipinski definition) is 0. The highest BCUT2D eigenvalue weighted by molar-refractivity contribution is 6.29. The van der Waals surface area contributed by atoms with Crippen molar-refractivity contribution in [2.45, 2.75) is 52.6 Å². The fraction of sp³-hybridized carbons (Fsp3) is 0.846. The normalized spacial score (nSPS) is 28.9. The van der Waals surface area contributed by atoms with Crippen LogP contribution in [0.4, 0.5) is 0 Å². The fourth-order valence-electron chi connectivity index (χ4n) is 2.37. The summed E-state index contributed by atoms with van der Waals surface area (Å²) in [5.74, 6) is -1.24. The monoisotopic (exact) mass is 242 g/mol. The summed E-state index contributed by atoms with van der Waals surface area (Å²) in [5.41, 5.74) is 0.194. The Balaban J connectivity index is 2.56. The summed E-state index contributed by atoms with van der Waals surface area (Å²) >= 11 is 0. The minimum Gasteiger partial charge on any atom is -0.461 e. The first-order valence-electron chi connectivity index (χ1n) is 6.18. The highest BCUT2D eigenvalue weighted by Gasteiger charge is 2.37. The van der Waals surface area contributed by atoms with Crippen LogP contribution >= 0.6 is 0 Å². The molecular weight excluding hydrogens is 220 g/mol. The Morgan fingerprint density at radius 1 is 1.29 bits per heavy atom. The number of esters is 2. The number of ether oxygens (including phenoxy) is 2. The summed E-state index contributed by atoms with van der Waals surface area (Å²) in [6.45, 7) is 6.59. The largest absolute Gasteiger partial charge is 0.461 e. The molecule has 0 aromatic heterocycles. The van der Waals surface area contributed by atoms with Crippen LogP contribution in [0.1, 0.15) is 46.5 Å². The maximum Gasteiger partial charge on any atom is 0.417 e. The van der Waals surface area contributed by atoms with Gasteiger partial charge in [-0.3, -0.25) is 0 Å². The molecule has 1 rings (SSSR count). The Hall–Kier alpha value is -1.06. The van der Waals surface area contributed by atoms with Gasteiger partial charge in [0.15, 0.2) is 0 Å². The summed E-state index contributed by atoms with van der Waals surface area (Å²) in [6.07, 6.45) is 3.70. The lowest BCUT2D eigenvalue weighted by atomic mass is 9.67. The lowest BCUT2D eigenvalue weighted by Gasteiger charge is -2.40. The summed E-state index contributed by atoms with van der Waals surface area (Å²) in [5, 5.41) is 0. The number of hydrogen-bond acceptors (Lipinski definition) is 4. The van der Waals surface area contributed by atoms with Crippen LogP contribution in [0.15, 0.2) is 0 Å². The molecule has 1 aliphatic rings. The zero-order valence-corrected chi connectivity index (χ0v) is 11.1. The highest BCUT2D eigenvalue weighted by atomic mass is 16.6. The predicted octanol–water partition coefficient (Wildman–Crippen LogP) is 2.31. The molecule has 0 N–H and O–H groups in total. The highest BCUT2D eigenvalue weighted by Crippen LogP contribution is 2.42. The molecule has 2 atom stereocenters. The van der Waals surface area contributed by atoms with E-state index in [-0.39, 0.29) is 11.5 Å². The third-order valence-corrected chi connectivity index (χ3v) is 3.99. The Morgan fingerprint density at radius 2 is 1.94 bits per heavy atom. The molecule has 4 nitrogen and oxygen atoms in total. The summed E-state index contributed by atoms with van der Waals surface area (Å²) < 4.78 is 9.52. The molecule has 0 aromatic rings. The van der Waals surface area contributed by atoms with Crippen LogP contribution in [0.25, 0.3) is 0 Å². The van der Waals surface area contributed by atoms with Crippen molar-refractivity contribution in [1.29, 1.82) is 0 Å². The second-order valence-corrected chi connectivity index (χ2v) is 5.42. The maximum absolute atomic E-state index is 11.3. The number of carbonyl (C=O) groups is 2. The minimum atomic E-state index is -0.915. The van der Waals surface area contributed by atoms with Gasteiger partial charge in [0.05, 0.1) is 7.11 Å². The van der Waals surface area contributed by atoms with E-state index in [1.165, 1.54) is 7.11 Å². The molecule has 98 valence electrons. The summed E-state index contributed by atoms with van der Waals surface area (Å²) in [7, 11) is 1.18. The third-order valence-electron chi connectivity index (χ3n) is 3.99. The van der Waals surface area contributed by atoms with Gasteiger partial charge in [-0.05, 0) is 37.0 Å². The predicted molar refractivity (Wildman–Crippen MR) is 63.3 cm³/mol. The Labute approximate surface area is 103 Å². The van der Waals surface area contributed by atoms with Gasteiger partial charge in [0.2, 0.25) is 0 Å². The molecular formula is C13H22O4. The van der Waals surface area contributed by atoms with E-state index in [9.17, 15) is 9.59 Å². The molecule has 0 radical (unpaired) electrons. The van der Waals surface area contributed by atoms with Crippen LogP contribution in [0.3, 0.4) is 0 Å². The molecule has 2 unspecified atom stereocenters. The van der Waals surface area contributed by atoms with Crippen LogP contribution < -0.4 is 0 Å². The SMILES string of the molecule is COC(=O)C(=O)OC1CCCC(C)(C(C)C)C1. The average Bonchev–Trinajstić information content (AvgIpc) is 2.27. The molecule has 0 bridgehead atoms. The Bertz CT molecular complexity index is 298. The molecule has 1 saturated carbocycles. The second kappa shape index (κ2) is 5.52. The van der Waals surface area contributed by atoms with Gasteiger partial charge in [0.25, 0.3) is 0 Å². The molecule has 1 fully saturated rings. The van der Waals surface area contributed by atoms with Crippen LogP contribution in [-0.2, 0) is 19.1 Å². The van der Waals surface area contributed by atoms with Gasteiger partial charge < -0.3 is 9.47 Å². The lowest BCUT2D eigenvalue weighted by Crippen LogP contribution is -2.36. The topological polar surface area (TPSA) is 52.6 Å². The van der Waals surface area contributed by atoms with Gasteiger partial charge >= 0.3 is 11.9 Å². The van der Waals surface area contributed by atoms with Crippen molar-refractivity contribution in [1.82, 2.24) is 0 Å². The van der Waals surface area contributed by atoms with Crippen LogP contribution in [-0.4, -0.2) is 25.2 Å². The van der Waals surface area contributed by atoms with E-state index in [2.05, 4.69) is 25.5 Å². The molecule has 0 aliphatic heterocycles. The molecule has 0 spiro atoms. The van der Waals surface area contributed by atoms with Gasteiger partial charge in [-0.1, -0.05) is 20.8 Å². The number of methoxy groups -OCH3 is 1. The molecule has 0 amide bonds. The number of rotatable bonds is 2. The quantitative estimate of drug-likeness (QED) is 0.551. The van der Waals surface area contributed by atoms with Gasteiger partial charge in [-0.2, -0.15) is 0 Å². The van der Waals surface area contributed by atoms with Crippen molar-refractivity contribution in [3.63, 3.8) is 0 Å². The van der Waals surface area contributed by atoms with E-state index in [1.807, 2.05) is 0 Å². The van der Waals surface area contributed by atoms with Crippen LogP contribution in [0.5, 0.6) is 0 Å². The third kappa shape index (κ3) is 3.45. The van der Waals surface area contributed by atoms with Crippen molar-refractivity contribution in [3.8, 4) is 0 Å². The average molecular weight is 242 g/mol. The van der Waals surface area contributed by atoms with Gasteiger partial charge in [-0.15, -0.1) is 0 Å². The summed E-state index contributed by atoms with van der Waals surface area (Å²) in [4.78, 5) is 22.3. The van der Waals surface area contributed by atoms with Gasteiger partial charge in [0, 0.05) is 0 Å². The van der Waals surface area contributed by atoms with E-state index in [0.29, 0.717) is 5.92 Å². The standard InChI is InChI=1S/C13H22O4/c1-9(2)13(3)7-5-6-10(8-13)17-12(15)11(14)16-4/h9-10H,5-8H2,1-4H3. The molecule has 0 saturated heterocycles. The molecule has 17 heavy (non-hydrogen) atoms. The zero-order chi connectivity index (χ0) is 13.1. The van der Waals surface area contributed by atoms with Crippen molar-refractivity contribution in [2.24, 2.45) is 11.3 Å². The van der Waals surface area contributed by atoms with E-state index in [4.69, 9.17) is 4.74 Å². The van der Waals surface area contributed by atoms with Crippen molar-refractivity contribution in [2.75, 3.05) is 7.11 Å². The first kappa shape index (κ1) is 14.0. The molecule has 4 heteroatoms. The van der Waals surface area contributed by atoms with Gasteiger partial charge in [0.1, 0.15) is 6.10 Å². The van der Waals surface area contributed by atoms with Crippen molar-refractivity contribution >= 4 is 11.9 Å². The van der Waals surface area contributed by atoms with Crippen LogP contribution in [0, 0.1) is 11.3 Å². The smallest absolute Gasteiger partial charge is 0.417 e. The first-order chi connectivity index (χ1) is 7.89. The van der Waals surface area contributed by atoms with Crippen molar-refractivity contribution in [3.05, 3.63) is 0 Å². The number of carbonyl (C=O) groups excluding carboxylic acids is 2. The molecule has 0 heterocycles. The van der Waals surface area contributed by atoms with Crippen LogP contribution in [0.2, 0.25) is 0 Å².